The van der Waals surface area contributed by atoms with Crippen molar-refractivity contribution in [2.24, 2.45) is 0 Å². The van der Waals surface area contributed by atoms with E-state index in [4.69, 9.17) is 15.2 Å². The van der Waals surface area contributed by atoms with Crippen molar-refractivity contribution in [3.63, 3.8) is 0 Å². The van der Waals surface area contributed by atoms with Crippen LogP contribution in [0.15, 0.2) is 30.5 Å². The molecule has 4 heteroatoms. The molecule has 2 N–H and O–H groups in total. The zero-order chi connectivity index (χ0) is 14.5. The van der Waals surface area contributed by atoms with Gasteiger partial charge in [-0.25, -0.2) is 4.98 Å². The molecule has 0 aliphatic heterocycles. The maximum Gasteiger partial charge on any atom is 0.262 e. The predicted octanol–water partition coefficient (Wildman–Crippen LogP) is 3.86. The molecule has 4 nitrogen and oxygen atoms in total. The summed E-state index contributed by atoms with van der Waals surface area (Å²) in [5.74, 6) is 1.81. The van der Waals surface area contributed by atoms with E-state index in [0.29, 0.717) is 29.7 Å². The summed E-state index contributed by atoms with van der Waals surface area (Å²) in [4.78, 5) is 4.23. The molecule has 0 aliphatic rings. The molecule has 2 rings (SSSR count). The second-order valence-corrected chi connectivity index (χ2v) is 4.73. The van der Waals surface area contributed by atoms with Crippen LogP contribution >= 0.6 is 0 Å². The molecular weight excluding hydrogens is 252 g/mol. The van der Waals surface area contributed by atoms with E-state index in [1.54, 1.807) is 6.20 Å². The molecule has 20 heavy (non-hydrogen) atoms. The molecule has 0 unspecified atom stereocenters. The first-order chi connectivity index (χ1) is 9.61. The number of hydrogen-bond donors (Lipinski definition) is 1. The molecule has 0 spiro atoms. The molecule has 1 aromatic heterocycles. The van der Waals surface area contributed by atoms with Gasteiger partial charge in [0.25, 0.3) is 5.88 Å². The summed E-state index contributed by atoms with van der Waals surface area (Å²) in [7, 11) is 0. The Kier molecular flexibility index (Phi) is 4.45. The van der Waals surface area contributed by atoms with Crippen molar-refractivity contribution in [3.8, 4) is 17.4 Å². The third kappa shape index (κ3) is 3.20. The lowest BCUT2D eigenvalue weighted by molar-refractivity contribution is 0.298. The number of anilines is 1. The number of aromatic nitrogens is 1. The number of hydrogen-bond acceptors (Lipinski definition) is 4. The Morgan fingerprint density at radius 1 is 1.15 bits per heavy atom. The second kappa shape index (κ2) is 6.28. The summed E-state index contributed by atoms with van der Waals surface area (Å²) >= 11 is 0. The third-order valence-electron chi connectivity index (χ3n) is 2.97. The van der Waals surface area contributed by atoms with Crippen LogP contribution in [0.5, 0.6) is 17.4 Å². The van der Waals surface area contributed by atoms with Gasteiger partial charge in [-0.2, -0.15) is 0 Å². The fraction of sp³-hybridized carbons (Fsp3) is 0.312. The average molecular weight is 272 g/mol. The topological polar surface area (TPSA) is 57.4 Å². The van der Waals surface area contributed by atoms with Crippen LogP contribution in [0.1, 0.15) is 24.5 Å². The summed E-state index contributed by atoms with van der Waals surface area (Å²) in [6.45, 7) is 6.65. The Morgan fingerprint density at radius 2 is 1.95 bits per heavy atom. The molecule has 0 aliphatic carbocycles. The molecular formula is C16H20N2O2. The zero-order valence-electron chi connectivity index (χ0n) is 12.1. The standard InChI is InChI=1S/C16H20N2O2/c1-4-8-19-14-6-5-7-18-16(14)20-15-10-13(17)11(2)9-12(15)3/h5-7,9-10H,4,8,17H2,1-3H3. The van der Waals surface area contributed by atoms with Crippen LogP contribution in [0.25, 0.3) is 0 Å². The smallest absolute Gasteiger partial charge is 0.262 e. The van der Waals surface area contributed by atoms with Crippen LogP contribution in [0.4, 0.5) is 5.69 Å². The van der Waals surface area contributed by atoms with Gasteiger partial charge in [0.15, 0.2) is 5.75 Å². The summed E-state index contributed by atoms with van der Waals surface area (Å²) in [6, 6.07) is 7.50. The first-order valence-corrected chi connectivity index (χ1v) is 6.74. The van der Waals surface area contributed by atoms with E-state index in [0.717, 1.165) is 17.5 Å². The number of rotatable bonds is 5. The molecule has 0 saturated heterocycles. The summed E-state index contributed by atoms with van der Waals surface area (Å²) in [5.41, 5.74) is 8.69. The Labute approximate surface area is 119 Å². The van der Waals surface area contributed by atoms with Crippen molar-refractivity contribution < 1.29 is 9.47 Å². The zero-order valence-corrected chi connectivity index (χ0v) is 12.1. The highest BCUT2D eigenvalue weighted by Crippen LogP contribution is 2.32. The fourth-order valence-corrected chi connectivity index (χ4v) is 1.84. The Bertz CT molecular complexity index is 597. The number of pyridine rings is 1. The maximum absolute atomic E-state index is 5.93. The lowest BCUT2D eigenvalue weighted by Crippen LogP contribution is -2.00. The van der Waals surface area contributed by atoms with Gasteiger partial charge in [-0.3, -0.25) is 0 Å². The summed E-state index contributed by atoms with van der Waals surface area (Å²) in [6.07, 6.45) is 2.62. The number of aryl methyl sites for hydroxylation is 2. The number of ether oxygens (including phenoxy) is 2. The van der Waals surface area contributed by atoms with E-state index in [2.05, 4.69) is 11.9 Å². The normalized spacial score (nSPS) is 10.3. The first kappa shape index (κ1) is 14.2. The largest absolute Gasteiger partial charge is 0.488 e. The van der Waals surface area contributed by atoms with Crippen LogP contribution in [0.3, 0.4) is 0 Å². The molecule has 0 radical (unpaired) electrons. The Hall–Kier alpha value is -2.23. The monoisotopic (exact) mass is 272 g/mol. The molecule has 1 heterocycles. The van der Waals surface area contributed by atoms with Crippen molar-refractivity contribution in [1.82, 2.24) is 4.98 Å². The van der Waals surface area contributed by atoms with Crippen molar-refractivity contribution in [3.05, 3.63) is 41.6 Å². The van der Waals surface area contributed by atoms with E-state index in [-0.39, 0.29) is 0 Å². The molecule has 0 saturated carbocycles. The highest BCUT2D eigenvalue weighted by Gasteiger charge is 2.10. The quantitative estimate of drug-likeness (QED) is 0.840. The van der Waals surface area contributed by atoms with Crippen molar-refractivity contribution in [1.29, 1.82) is 0 Å². The van der Waals surface area contributed by atoms with Gasteiger partial charge in [-0.15, -0.1) is 0 Å². The minimum atomic E-state index is 0.465. The van der Waals surface area contributed by atoms with Crippen molar-refractivity contribution in [2.75, 3.05) is 12.3 Å². The minimum absolute atomic E-state index is 0.465. The van der Waals surface area contributed by atoms with Crippen LogP contribution in [0.2, 0.25) is 0 Å². The van der Waals surface area contributed by atoms with Gasteiger partial charge in [0.05, 0.1) is 6.61 Å². The van der Waals surface area contributed by atoms with E-state index in [9.17, 15) is 0 Å². The maximum atomic E-state index is 5.93. The molecule has 0 bridgehead atoms. The number of nitrogens with zero attached hydrogens (tertiary/aromatic N) is 1. The van der Waals surface area contributed by atoms with Gasteiger partial charge in [0.2, 0.25) is 0 Å². The molecule has 1 aromatic carbocycles. The van der Waals surface area contributed by atoms with Crippen LogP contribution in [0, 0.1) is 13.8 Å². The Morgan fingerprint density at radius 3 is 2.70 bits per heavy atom. The lowest BCUT2D eigenvalue weighted by atomic mass is 10.1. The van der Waals surface area contributed by atoms with E-state index in [1.165, 1.54) is 0 Å². The van der Waals surface area contributed by atoms with Gasteiger partial charge in [0.1, 0.15) is 5.75 Å². The third-order valence-corrected chi connectivity index (χ3v) is 2.97. The fourth-order valence-electron chi connectivity index (χ4n) is 1.84. The molecule has 106 valence electrons. The van der Waals surface area contributed by atoms with E-state index in [1.807, 2.05) is 38.1 Å². The van der Waals surface area contributed by atoms with E-state index < -0.39 is 0 Å². The number of nitrogen functional groups attached to an aromatic ring is 1. The van der Waals surface area contributed by atoms with Crippen molar-refractivity contribution >= 4 is 5.69 Å². The number of nitrogens with two attached hydrogens (primary N) is 1. The van der Waals surface area contributed by atoms with Crippen molar-refractivity contribution in [2.45, 2.75) is 27.2 Å². The molecule has 0 fully saturated rings. The molecule has 0 atom stereocenters. The molecule has 0 amide bonds. The SMILES string of the molecule is CCCOc1cccnc1Oc1cc(N)c(C)cc1C. The van der Waals surface area contributed by atoms with Gasteiger partial charge in [0, 0.05) is 18.0 Å². The predicted molar refractivity (Wildman–Crippen MR) is 80.4 cm³/mol. The van der Waals surface area contributed by atoms with Gasteiger partial charge in [-0.1, -0.05) is 13.0 Å². The summed E-state index contributed by atoms with van der Waals surface area (Å²) in [5, 5.41) is 0. The van der Waals surface area contributed by atoms with E-state index >= 15 is 0 Å². The van der Waals surface area contributed by atoms with Gasteiger partial charge in [-0.05, 0) is 43.5 Å². The summed E-state index contributed by atoms with van der Waals surface area (Å²) < 4.78 is 11.5. The van der Waals surface area contributed by atoms with Crippen LogP contribution < -0.4 is 15.2 Å². The minimum Gasteiger partial charge on any atom is -0.488 e. The van der Waals surface area contributed by atoms with Gasteiger partial charge < -0.3 is 15.2 Å². The highest BCUT2D eigenvalue weighted by atomic mass is 16.5. The Balaban J connectivity index is 2.28. The lowest BCUT2D eigenvalue weighted by Gasteiger charge is -2.13. The molecule has 2 aromatic rings. The second-order valence-electron chi connectivity index (χ2n) is 4.73. The highest BCUT2D eigenvalue weighted by molar-refractivity contribution is 5.55. The van der Waals surface area contributed by atoms with Crippen LogP contribution in [-0.2, 0) is 0 Å². The average Bonchev–Trinajstić information content (AvgIpc) is 2.44. The van der Waals surface area contributed by atoms with Gasteiger partial charge >= 0.3 is 0 Å². The first-order valence-electron chi connectivity index (χ1n) is 6.74. The number of benzene rings is 1. The van der Waals surface area contributed by atoms with Crippen LogP contribution in [-0.4, -0.2) is 11.6 Å².